The van der Waals surface area contributed by atoms with E-state index in [9.17, 15) is 0 Å². The highest BCUT2D eigenvalue weighted by Crippen LogP contribution is 2.26. The zero-order valence-corrected chi connectivity index (χ0v) is 11.0. The van der Waals surface area contributed by atoms with Gasteiger partial charge in [-0.3, -0.25) is 0 Å². The van der Waals surface area contributed by atoms with Gasteiger partial charge < -0.3 is 5.32 Å². The summed E-state index contributed by atoms with van der Waals surface area (Å²) in [6.07, 6.45) is 2.69. The molecule has 0 aliphatic carbocycles. The van der Waals surface area contributed by atoms with Crippen LogP contribution in [0.4, 0.5) is 5.82 Å². The van der Waals surface area contributed by atoms with E-state index < -0.39 is 0 Å². The van der Waals surface area contributed by atoms with E-state index in [2.05, 4.69) is 49.9 Å². The lowest BCUT2D eigenvalue weighted by atomic mass is 9.96. The average Bonchev–Trinajstić information content (AvgIpc) is 2.16. The number of nitrogens with zero attached hydrogens (tertiary/aromatic N) is 2. The normalized spacial score (nSPS) is 11.2. The summed E-state index contributed by atoms with van der Waals surface area (Å²) in [4.78, 5) is 8.77. The maximum atomic E-state index is 4.43. The van der Waals surface area contributed by atoms with Gasteiger partial charge in [-0.2, -0.15) is 0 Å². The van der Waals surface area contributed by atoms with Crippen molar-refractivity contribution in [3.05, 3.63) is 17.6 Å². The van der Waals surface area contributed by atoms with E-state index in [1.165, 1.54) is 11.3 Å². The van der Waals surface area contributed by atoms with E-state index in [4.69, 9.17) is 0 Å². The molecular formula is C13H23N3. The van der Waals surface area contributed by atoms with Gasteiger partial charge in [-0.25, -0.2) is 9.97 Å². The Hall–Kier alpha value is -1.12. The van der Waals surface area contributed by atoms with Crippen molar-refractivity contribution in [2.45, 2.75) is 47.0 Å². The van der Waals surface area contributed by atoms with Crippen LogP contribution in [0, 0.1) is 5.92 Å². The molecule has 0 radical (unpaired) electrons. The fraction of sp³-hybridized carbons (Fsp3) is 0.692. The minimum Gasteiger partial charge on any atom is -0.370 e. The predicted octanol–water partition coefficient (Wildman–Crippen LogP) is 3.23. The fourth-order valence-corrected chi connectivity index (χ4v) is 1.90. The van der Waals surface area contributed by atoms with Gasteiger partial charge in [-0.1, -0.05) is 27.7 Å². The van der Waals surface area contributed by atoms with Crippen molar-refractivity contribution in [3.8, 4) is 0 Å². The van der Waals surface area contributed by atoms with E-state index in [-0.39, 0.29) is 0 Å². The lowest BCUT2D eigenvalue weighted by molar-refractivity contribution is 0.623. The summed E-state index contributed by atoms with van der Waals surface area (Å²) in [6, 6.07) is 0. The molecular weight excluding hydrogens is 198 g/mol. The molecule has 0 spiro atoms. The molecule has 90 valence electrons. The van der Waals surface area contributed by atoms with Crippen molar-refractivity contribution in [2.75, 3.05) is 11.9 Å². The van der Waals surface area contributed by atoms with E-state index in [1.54, 1.807) is 6.33 Å². The molecule has 1 aromatic heterocycles. The van der Waals surface area contributed by atoms with Crippen LogP contribution in [0.5, 0.6) is 0 Å². The molecule has 1 rings (SSSR count). The highest BCUT2D eigenvalue weighted by molar-refractivity contribution is 5.47. The molecule has 0 atom stereocenters. The number of anilines is 1. The fourth-order valence-electron chi connectivity index (χ4n) is 1.90. The summed E-state index contributed by atoms with van der Waals surface area (Å²) in [7, 11) is 0. The smallest absolute Gasteiger partial charge is 0.133 e. The Morgan fingerprint density at radius 3 is 2.38 bits per heavy atom. The SMILES string of the molecule is CCNc1ncnc(CC(C)C)c1C(C)C. The predicted molar refractivity (Wildman–Crippen MR) is 68.8 cm³/mol. The first-order valence-corrected chi connectivity index (χ1v) is 6.13. The van der Waals surface area contributed by atoms with Gasteiger partial charge in [0.2, 0.25) is 0 Å². The van der Waals surface area contributed by atoms with Crippen LogP contribution in [0.2, 0.25) is 0 Å². The van der Waals surface area contributed by atoms with Crippen LogP contribution < -0.4 is 5.32 Å². The molecule has 0 unspecified atom stereocenters. The Kier molecular flexibility index (Phi) is 4.71. The van der Waals surface area contributed by atoms with Crippen LogP contribution in [0.15, 0.2) is 6.33 Å². The third kappa shape index (κ3) is 3.19. The molecule has 3 nitrogen and oxygen atoms in total. The molecule has 16 heavy (non-hydrogen) atoms. The first kappa shape index (κ1) is 12.9. The first-order valence-electron chi connectivity index (χ1n) is 6.13. The number of aromatic nitrogens is 2. The second-order valence-corrected chi connectivity index (χ2v) is 4.87. The standard InChI is InChI=1S/C13H23N3/c1-6-14-13-12(10(4)5)11(7-9(2)3)15-8-16-13/h8-10H,6-7H2,1-5H3,(H,14,15,16). The molecule has 0 aliphatic heterocycles. The van der Waals surface area contributed by atoms with Crippen molar-refractivity contribution < 1.29 is 0 Å². The molecule has 0 fully saturated rings. The second-order valence-electron chi connectivity index (χ2n) is 4.87. The second kappa shape index (κ2) is 5.83. The van der Waals surface area contributed by atoms with Gasteiger partial charge in [0.1, 0.15) is 12.1 Å². The monoisotopic (exact) mass is 221 g/mol. The molecule has 0 aliphatic rings. The summed E-state index contributed by atoms with van der Waals surface area (Å²) < 4.78 is 0. The Bertz CT molecular complexity index is 332. The van der Waals surface area contributed by atoms with E-state index in [1.807, 2.05) is 0 Å². The first-order chi connectivity index (χ1) is 7.56. The van der Waals surface area contributed by atoms with Crippen LogP contribution >= 0.6 is 0 Å². The molecule has 0 bridgehead atoms. The lowest BCUT2D eigenvalue weighted by Gasteiger charge is -2.17. The molecule has 3 heteroatoms. The maximum absolute atomic E-state index is 4.43. The maximum Gasteiger partial charge on any atom is 0.133 e. The Morgan fingerprint density at radius 2 is 1.88 bits per heavy atom. The highest BCUT2D eigenvalue weighted by atomic mass is 15.0. The molecule has 0 amide bonds. The zero-order chi connectivity index (χ0) is 12.1. The topological polar surface area (TPSA) is 37.8 Å². The van der Waals surface area contributed by atoms with Gasteiger partial charge >= 0.3 is 0 Å². The van der Waals surface area contributed by atoms with Crippen LogP contribution in [-0.4, -0.2) is 16.5 Å². The van der Waals surface area contributed by atoms with Gasteiger partial charge in [0.05, 0.1) is 0 Å². The van der Waals surface area contributed by atoms with Crippen molar-refractivity contribution in [1.82, 2.24) is 9.97 Å². The zero-order valence-electron chi connectivity index (χ0n) is 11.0. The minimum atomic E-state index is 0.462. The highest BCUT2D eigenvalue weighted by Gasteiger charge is 2.14. The van der Waals surface area contributed by atoms with Crippen molar-refractivity contribution in [2.24, 2.45) is 5.92 Å². The quantitative estimate of drug-likeness (QED) is 0.829. The average molecular weight is 221 g/mol. The number of hydrogen-bond acceptors (Lipinski definition) is 3. The van der Waals surface area contributed by atoms with Crippen molar-refractivity contribution in [3.63, 3.8) is 0 Å². The van der Waals surface area contributed by atoms with Crippen LogP contribution in [0.3, 0.4) is 0 Å². The summed E-state index contributed by atoms with van der Waals surface area (Å²) in [5, 5.41) is 3.32. The third-order valence-electron chi connectivity index (χ3n) is 2.49. The van der Waals surface area contributed by atoms with E-state index in [0.717, 1.165) is 18.8 Å². The van der Waals surface area contributed by atoms with Gasteiger partial charge in [0, 0.05) is 17.8 Å². The van der Waals surface area contributed by atoms with Crippen LogP contribution in [-0.2, 0) is 6.42 Å². The summed E-state index contributed by atoms with van der Waals surface area (Å²) >= 11 is 0. The largest absolute Gasteiger partial charge is 0.370 e. The number of hydrogen-bond donors (Lipinski definition) is 1. The molecule has 0 saturated heterocycles. The molecule has 1 heterocycles. The van der Waals surface area contributed by atoms with Gasteiger partial charge in [0.25, 0.3) is 0 Å². The molecule has 0 aromatic carbocycles. The van der Waals surface area contributed by atoms with Crippen LogP contribution in [0.1, 0.15) is 51.8 Å². The number of rotatable bonds is 5. The number of nitrogens with one attached hydrogen (secondary N) is 1. The van der Waals surface area contributed by atoms with Crippen molar-refractivity contribution in [1.29, 1.82) is 0 Å². The van der Waals surface area contributed by atoms with E-state index >= 15 is 0 Å². The summed E-state index contributed by atoms with van der Waals surface area (Å²) in [5.41, 5.74) is 2.47. The Balaban J connectivity index is 3.10. The Morgan fingerprint density at radius 1 is 1.19 bits per heavy atom. The summed E-state index contributed by atoms with van der Waals surface area (Å²) in [5.74, 6) is 2.09. The van der Waals surface area contributed by atoms with Gasteiger partial charge in [-0.05, 0) is 25.2 Å². The van der Waals surface area contributed by atoms with Crippen LogP contribution in [0.25, 0.3) is 0 Å². The molecule has 1 aromatic rings. The molecule has 0 saturated carbocycles. The van der Waals surface area contributed by atoms with E-state index in [0.29, 0.717) is 11.8 Å². The third-order valence-corrected chi connectivity index (χ3v) is 2.49. The Labute approximate surface area is 98.7 Å². The lowest BCUT2D eigenvalue weighted by Crippen LogP contribution is -2.11. The minimum absolute atomic E-state index is 0.462. The molecule has 1 N–H and O–H groups in total. The van der Waals surface area contributed by atoms with Gasteiger partial charge in [0.15, 0.2) is 0 Å². The van der Waals surface area contributed by atoms with Crippen molar-refractivity contribution >= 4 is 5.82 Å². The summed E-state index contributed by atoms with van der Waals surface area (Å²) in [6.45, 7) is 11.8. The van der Waals surface area contributed by atoms with Gasteiger partial charge in [-0.15, -0.1) is 0 Å².